The van der Waals surface area contributed by atoms with Gasteiger partial charge < -0.3 is 24.3 Å². The second-order valence-corrected chi connectivity index (χ2v) is 5.55. The monoisotopic (exact) mass is 327 g/mol. The maximum absolute atomic E-state index is 12.2. The largest absolute Gasteiger partial charge is 0.486 e. The van der Waals surface area contributed by atoms with Gasteiger partial charge in [0.05, 0.1) is 0 Å². The van der Waals surface area contributed by atoms with Crippen molar-refractivity contribution in [3.8, 4) is 23.0 Å². The third-order valence-corrected chi connectivity index (χ3v) is 3.94. The lowest BCUT2D eigenvalue weighted by Crippen LogP contribution is -2.25. The lowest BCUT2D eigenvalue weighted by molar-refractivity contribution is 0.0953. The number of nitrogens with one attached hydrogen (secondary N) is 1. The summed E-state index contributed by atoms with van der Waals surface area (Å²) in [5, 5.41) is 2.91. The molecule has 2 aromatic rings. The van der Waals surface area contributed by atoms with Crippen LogP contribution < -0.4 is 24.3 Å². The molecule has 6 heteroatoms. The van der Waals surface area contributed by atoms with Crippen LogP contribution in [0.1, 0.15) is 15.9 Å². The van der Waals surface area contributed by atoms with Gasteiger partial charge >= 0.3 is 0 Å². The van der Waals surface area contributed by atoms with Crippen LogP contribution in [0.25, 0.3) is 0 Å². The van der Waals surface area contributed by atoms with E-state index < -0.39 is 0 Å². The lowest BCUT2D eigenvalue weighted by Gasteiger charge is -2.18. The van der Waals surface area contributed by atoms with E-state index in [2.05, 4.69) is 5.32 Å². The molecule has 0 saturated carbocycles. The normalized spacial score (nSPS) is 14.3. The van der Waals surface area contributed by atoms with Crippen LogP contribution in [0.5, 0.6) is 23.0 Å². The number of benzene rings is 2. The number of ether oxygens (including phenoxy) is 4. The molecule has 0 bridgehead atoms. The van der Waals surface area contributed by atoms with Crippen molar-refractivity contribution in [2.45, 2.75) is 6.42 Å². The molecular formula is C18H17NO5. The van der Waals surface area contributed by atoms with Crippen molar-refractivity contribution in [3.05, 3.63) is 47.5 Å². The summed E-state index contributed by atoms with van der Waals surface area (Å²) in [6.45, 7) is 1.88. The molecular weight excluding hydrogens is 310 g/mol. The van der Waals surface area contributed by atoms with Gasteiger partial charge in [-0.1, -0.05) is 6.07 Å². The van der Waals surface area contributed by atoms with E-state index in [0.29, 0.717) is 43.2 Å². The Morgan fingerprint density at radius 3 is 2.50 bits per heavy atom. The lowest BCUT2D eigenvalue weighted by atomic mass is 10.1. The summed E-state index contributed by atoms with van der Waals surface area (Å²) in [7, 11) is 0. The summed E-state index contributed by atoms with van der Waals surface area (Å²) in [5.74, 6) is 2.68. The Labute approximate surface area is 139 Å². The SMILES string of the molecule is O=C(NCCc1ccc2c(c1)OCCO2)c1ccc2c(c1)OCO2. The zero-order valence-corrected chi connectivity index (χ0v) is 13.0. The van der Waals surface area contributed by atoms with Gasteiger partial charge in [-0.3, -0.25) is 4.79 Å². The number of rotatable bonds is 4. The van der Waals surface area contributed by atoms with Crippen LogP contribution in [-0.4, -0.2) is 32.5 Å². The Morgan fingerprint density at radius 1 is 0.875 bits per heavy atom. The fourth-order valence-electron chi connectivity index (χ4n) is 2.70. The average Bonchev–Trinajstić information content (AvgIpc) is 3.09. The molecule has 4 rings (SSSR count). The summed E-state index contributed by atoms with van der Waals surface area (Å²) in [5.41, 5.74) is 1.65. The number of hydrogen-bond acceptors (Lipinski definition) is 5. The van der Waals surface area contributed by atoms with Crippen molar-refractivity contribution in [3.63, 3.8) is 0 Å². The Kier molecular flexibility index (Phi) is 3.86. The van der Waals surface area contributed by atoms with Crippen LogP contribution >= 0.6 is 0 Å². The number of hydrogen-bond donors (Lipinski definition) is 1. The molecule has 2 aliphatic rings. The number of fused-ring (bicyclic) bond motifs is 2. The fraction of sp³-hybridized carbons (Fsp3) is 0.278. The van der Waals surface area contributed by atoms with Gasteiger partial charge in [-0.05, 0) is 42.3 Å². The molecule has 0 saturated heterocycles. The van der Waals surface area contributed by atoms with Gasteiger partial charge in [0.15, 0.2) is 23.0 Å². The Morgan fingerprint density at radius 2 is 1.58 bits per heavy atom. The molecule has 0 aromatic heterocycles. The highest BCUT2D eigenvalue weighted by Crippen LogP contribution is 2.32. The summed E-state index contributed by atoms with van der Waals surface area (Å²) >= 11 is 0. The number of carbonyl (C=O) groups excluding carboxylic acids is 1. The quantitative estimate of drug-likeness (QED) is 0.932. The summed E-state index contributed by atoms with van der Waals surface area (Å²) in [4.78, 5) is 12.2. The van der Waals surface area contributed by atoms with Gasteiger partial charge in [0.2, 0.25) is 6.79 Å². The van der Waals surface area contributed by atoms with Crippen LogP contribution in [0.3, 0.4) is 0 Å². The van der Waals surface area contributed by atoms with Gasteiger partial charge in [-0.25, -0.2) is 0 Å². The summed E-state index contributed by atoms with van der Waals surface area (Å²) < 4.78 is 21.6. The third-order valence-electron chi connectivity index (χ3n) is 3.94. The van der Waals surface area contributed by atoms with E-state index in [0.717, 1.165) is 17.1 Å². The number of amides is 1. The van der Waals surface area contributed by atoms with E-state index in [1.165, 1.54) is 0 Å². The van der Waals surface area contributed by atoms with Crippen molar-refractivity contribution >= 4 is 5.91 Å². The van der Waals surface area contributed by atoms with Gasteiger partial charge in [0.1, 0.15) is 13.2 Å². The molecule has 2 aliphatic heterocycles. The van der Waals surface area contributed by atoms with Crippen molar-refractivity contribution < 1.29 is 23.7 Å². The predicted molar refractivity (Wildman–Crippen MR) is 86.0 cm³/mol. The minimum atomic E-state index is -0.133. The maximum atomic E-state index is 12.2. The predicted octanol–water partition coefficient (Wildman–Crippen LogP) is 2.16. The minimum absolute atomic E-state index is 0.133. The molecule has 0 unspecified atom stereocenters. The standard InChI is InChI=1S/C18H17NO5/c20-18(13-2-4-15-17(10-13)24-11-23-15)19-6-5-12-1-3-14-16(9-12)22-8-7-21-14/h1-4,9-10H,5-8,11H2,(H,19,20). The molecule has 0 fully saturated rings. The highest BCUT2D eigenvalue weighted by atomic mass is 16.7. The van der Waals surface area contributed by atoms with E-state index in [1.54, 1.807) is 18.2 Å². The first kappa shape index (κ1) is 14.7. The van der Waals surface area contributed by atoms with Gasteiger partial charge in [0, 0.05) is 12.1 Å². The second kappa shape index (κ2) is 6.31. The maximum Gasteiger partial charge on any atom is 0.251 e. The Bertz CT molecular complexity index is 774. The van der Waals surface area contributed by atoms with E-state index in [4.69, 9.17) is 18.9 Å². The molecule has 1 N–H and O–H groups in total. The van der Waals surface area contributed by atoms with E-state index in [-0.39, 0.29) is 12.7 Å². The summed E-state index contributed by atoms with van der Waals surface area (Å²) in [6.07, 6.45) is 0.715. The Balaban J connectivity index is 1.34. The van der Waals surface area contributed by atoms with E-state index in [9.17, 15) is 4.79 Å². The molecule has 2 aromatic carbocycles. The molecule has 1 amide bonds. The molecule has 124 valence electrons. The third kappa shape index (κ3) is 2.95. The van der Waals surface area contributed by atoms with Crippen LogP contribution in [0, 0.1) is 0 Å². The first-order valence-corrected chi connectivity index (χ1v) is 7.86. The molecule has 0 radical (unpaired) electrons. The highest BCUT2D eigenvalue weighted by Gasteiger charge is 2.16. The molecule has 0 atom stereocenters. The van der Waals surface area contributed by atoms with Gasteiger partial charge in [-0.2, -0.15) is 0 Å². The molecule has 0 spiro atoms. The Hall–Kier alpha value is -2.89. The van der Waals surface area contributed by atoms with Crippen LogP contribution in [0.2, 0.25) is 0 Å². The van der Waals surface area contributed by atoms with Crippen LogP contribution in [-0.2, 0) is 6.42 Å². The zero-order valence-electron chi connectivity index (χ0n) is 13.0. The molecule has 24 heavy (non-hydrogen) atoms. The smallest absolute Gasteiger partial charge is 0.251 e. The van der Waals surface area contributed by atoms with Crippen molar-refractivity contribution in [2.24, 2.45) is 0 Å². The van der Waals surface area contributed by atoms with Crippen molar-refractivity contribution in [1.82, 2.24) is 5.32 Å². The molecule has 0 aliphatic carbocycles. The van der Waals surface area contributed by atoms with Crippen LogP contribution in [0.4, 0.5) is 0 Å². The topological polar surface area (TPSA) is 66.0 Å². The second-order valence-electron chi connectivity index (χ2n) is 5.55. The zero-order chi connectivity index (χ0) is 16.4. The van der Waals surface area contributed by atoms with Crippen molar-refractivity contribution in [2.75, 3.05) is 26.6 Å². The minimum Gasteiger partial charge on any atom is -0.486 e. The number of carbonyl (C=O) groups is 1. The fourth-order valence-corrected chi connectivity index (χ4v) is 2.70. The van der Waals surface area contributed by atoms with Crippen molar-refractivity contribution in [1.29, 1.82) is 0 Å². The van der Waals surface area contributed by atoms with E-state index in [1.807, 2.05) is 18.2 Å². The molecule has 2 heterocycles. The van der Waals surface area contributed by atoms with Gasteiger partial charge in [-0.15, -0.1) is 0 Å². The molecule has 6 nitrogen and oxygen atoms in total. The van der Waals surface area contributed by atoms with E-state index >= 15 is 0 Å². The highest BCUT2D eigenvalue weighted by molar-refractivity contribution is 5.94. The van der Waals surface area contributed by atoms with Crippen LogP contribution in [0.15, 0.2) is 36.4 Å². The first-order valence-electron chi connectivity index (χ1n) is 7.86. The van der Waals surface area contributed by atoms with Gasteiger partial charge in [0.25, 0.3) is 5.91 Å². The average molecular weight is 327 g/mol. The first-order chi connectivity index (χ1) is 11.8. The summed E-state index contributed by atoms with van der Waals surface area (Å²) in [6, 6.07) is 11.0.